The van der Waals surface area contributed by atoms with Gasteiger partial charge in [-0.25, -0.2) is 0 Å². The van der Waals surface area contributed by atoms with E-state index in [-0.39, 0.29) is 5.25 Å². The molecule has 0 spiro atoms. The van der Waals surface area contributed by atoms with Crippen LogP contribution in [0.1, 0.15) is 65.2 Å². The van der Waals surface area contributed by atoms with Gasteiger partial charge in [0.15, 0.2) is 0 Å². The van der Waals surface area contributed by atoms with Crippen molar-refractivity contribution in [2.75, 3.05) is 5.75 Å². The van der Waals surface area contributed by atoms with Crippen LogP contribution >= 0.6 is 11.8 Å². The van der Waals surface area contributed by atoms with E-state index in [2.05, 4.69) is 13.8 Å². The van der Waals surface area contributed by atoms with Crippen LogP contribution in [0.15, 0.2) is 0 Å². The van der Waals surface area contributed by atoms with Gasteiger partial charge in [0.1, 0.15) is 5.25 Å². The van der Waals surface area contributed by atoms with Crippen molar-refractivity contribution < 1.29 is 9.90 Å². The maximum atomic E-state index is 11.0. The van der Waals surface area contributed by atoms with E-state index in [1.54, 1.807) is 11.8 Å². The minimum Gasteiger partial charge on any atom is -0.480 e. The normalized spacial score (nSPS) is 12.6. The molecule has 0 aliphatic rings. The molecule has 1 unspecified atom stereocenters. The standard InChI is InChI=1S/C13H26O2S/c1-3-5-7-8-10-12(13(14)15)16-11-9-6-4-2/h12H,3-11H2,1-2H3,(H,14,15). The highest BCUT2D eigenvalue weighted by molar-refractivity contribution is 8.00. The van der Waals surface area contributed by atoms with Gasteiger partial charge in [-0.2, -0.15) is 0 Å². The zero-order valence-corrected chi connectivity index (χ0v) is 11.5. The molecule has 0 heterocycles. The van der Waals surface area contributed by atoms with E-state index in [4.69, 9.17) is 5.11 Å². The molecule has 0 saturated heterocycles. The van der Waals surface area contributed by atoms with Crippen molar-refractivity contribution in [3.05, 3.63) is 0 Å². The highest BCUT2D eigenvalue weighted by atomic mass is 32.2. The Hall–Kier alpha value is -0.180. The van der Waals surface area contributed by atoms with Crippen molar-refractivity contribution in [2.24, 2.45) is 0 Å². The minimum atomic E-state index is -0.627. The smallest absolute Gasteiger partial charge is 0.316 e. The molecule has 0 aromatic heterocycles. The number of aliphatic carboxylic acids is 1. The fraction of sp³-hybridized carbons (Fsp3) is 0.923. The molecule has 96 valence electrons. The van der Waals surface area contributed by atoms with Crippen molar-refractivity contribution >= 4 is 17.7 Å². The van der Waals surface area contributed by atoms with E-state index < -0.39 is 5.97 Å². The van der Waals surface area contributed by atoms with Gasteiger partial charge >= 0.3 is 5.97 Å². The number of unbranched alkanes of at least 4 members (excludes halogenated alkanes) is 5. The Labute approximate surface area is 104 Å². The lowest BCUT2D eigenvalue weighted by atomic mass is 10.1. The lowest BCUT2D eigenvalue weighted by Gasteiger charge is -2.11. The second-order valence-corrected chi connectivity index (χ2v) is 5.56. The summed E-state index contributed by atoms with van der Waals surface area (Å²) in [6.07, 6.45) is 9.09. The Balaban J connectivity index is 3.59. The summed E-state index contributed by atoms with van der Waals surface area (Å²) in [5, 5.41) is 8.89. The van der Waals surface area contributed by atoms with Crippen LogP contribution in [-0.2, 0) is 4.79 Å². The predicted octanol–water partition coefficient (Wildman–Crippen LogP) is 4.33. The monoisotopic (exact) mass is 246 g/mol. The van der Waals surface area contributed by atoms with Gasteiger partial charge in [-0.05, 0) is 18.6 Å². The zero-order valence-electron chi connectivity index (χ0n) is 10.7. The average molecular weight is 246 g/mol. The topological polar surface area (TPSA) is 37.3 Å². The Morgan fingerprint density at radius 1 is 1.06 bits per heavy atom. The molecule has 0 aromatic carbocycles. The molecule has 0 aliphatic carbocycles. The van der Waals surface area contributed by atoms with E-state index in [9.17, 15) is 4.79 Å². The molecule has 3 heteroatoms. The lowest BCUT2D eigenvalue weighted by Crippen LogP contribution is -2.16. The summed E-state index contributed by atoms with van der Waals surface area (Å²) >= 11 is 1.63. The van der Waals surface area contributed by atoms with Crippen LogP contribution < -0.4 is 0 Å². The SMILES string of the molecule is CCCCCCC(SCCCCC)C(=O)O. The maximum Gasteiger partial charge on any atom is 0.316 e. The molecular weight excluding hydrogens is 220 g/mol. The maximum absolute atomic E-state index is 11.0. The predicted molar refractivity (Wildman–Crippen MR) is 72.2 cm³/mol. The van der Waals surface area contributed by atoms with Gasteiger partial charge in [0, 0.05) is 0 Å². The largest absolute Gasteiger partial charge is 0.480 e. The first-order chi connectivity index (χ1) is 7.72. The van der Waals surface area contributed by atoms with E-state index in [1.807, 2.05) is 0 Å². The number of rotatable bonds is 11. The van der Waals surface area contributed by atoms with E-state index >= 15 is 0 Å². The van der Waals surface area contributed by atoms with Crippen LogP contribution in [0.5, 0.6) is 0 Å². The van der Waals surface area contributed by atoms with E-state index in [0.29, 0.717) is 0 Å². The van der Waals surface area contributed by atoms with E-state index in [0.717, 1.165) is 25.0 Å². The zero-order chi connectivity index (χ0) is 12.2. The van der Waals surface area contributed by atoms with Gasteiger partial charge in [0.25, 0.3) is 0 Å². The van der Waals surface area contributed by atoms with Crippen molar-refractivity contribution in [2.45, 2.75) is 70.5 Å². The third-order valence-electron chi connectivity index (χ3n) is 2.66. The van der Waals surface area contributed by atoms with Gasteiger partial charge in [0.05, 0.1) is 0 Å². The number of hydrogen-bond donors (Lipinski definition) is 1. The summed E-state index contributed by atoms with van der Waals surface area (Å²) in [6.45, 7) is 4.35. The van der Waals surface area contributed by atoms with Crippen molar-refractivity contribution in [1.82, 2.24) is 0 Å². The molecule has 0 rings (SSSR count). The first kappa shape index (κ1) is 15.8. The Morgan fingerprint density at radius 3 is 2.25 bits per heavy atom. The molecule has 0 saturated carbocycles. The lowest BCUT2D eigenvalue weighted by molar-refractivity contribution is -0.136. The number of carboxylic acid groups (broad SMARTS) is 1. The average Bonchev–Trinajstić information content (AvgIpc) is 2.26. The minimum absolute atomic E-state index is 0.172. The quantitative estimate of drug-likeness (QED) is 0.551. The summed E-state index contributed by atoms with van der Waals surface area (Å²) in [5.74, 6) is 0.372. The summed E-state index contributed by atoms with van der Waals surface area (Å²) in [5.41, 5.74) is 0. The van der Waals surface area contributed by atoms with Gasteiger partial charge in [-0.1, -0.05) is 52.4 Å². The molecule has 0 radical (unpaired) electrons. The molecule has 0 fully saturated rings. The Bertz CT molecular complexity index is 159. The van der Waals surface area contributed by atoms with E-state index in [1.165, 1.54) is 32.1 Å². The van der Waals surface area contributed by atoms with Crippen LogP contribution in [0.25, 0.3) is 0 Å². The molecule has 0 aliphatic heterocycles. The van der Waals surface area contributed by atoms with Gasteiger partial charge < -0.3 is 5.11 Å². The fourth-order valence-electron chi connectivity index (χ4n) is 1.61. The third-order valence-corrected chi connectivity index (χ3v) is 4.03. The van der Waals surface area contributed by atoms with Gasteiger partial charge in [0.2, 0.25) is 0 Å². The summed E-state index contributed by atoms with van der Waals surface area (Å²) in [6, 6.07) is 0. The second-order valence-electron chi connectivity index (χ2n) is 4.25. The molecule has 0 aromatic rings. The third kappa shape index (κ3) is 9.08. The number of hydrogen-bond acceptors (Lipinski definition) is 2. The Kier molecular flexibility index (Phi) is 11.2. The molecule has 1 N–H and O–H groups in total. The van der Waals surface area contributed by atoms with Crippen LogP contribution in [0, 0.1) is 0 Å². The van der Waals surface area contributed by atoms with Crippen LogP contribution in [-0.4, -0.2) is 22.1 Å². The molecule has 0 amide bonds. The first-order valence-corrected chi connectivity index (χ1v) is 7.61. The van der Waals surface area contributed by atoms with Crippen molar-refractivity contribution in [1.29, 1.82) is 0 Å². The van der Waals surface area contributed by atoms with Crippen LogP contribution in [0.4, 0.5) is 0 Å². The fourth-order valence-corrected chi connectivity index (χ4v) is 2.74. The number of thioether (sulfide) groups is 1. The highest BCUT2D eigenvalue weighted by Gasteiger charge is 2.16. The first-order valence-electron chi connectivity index (χ1n) is 6.56. The summed E-state index contributed by atoms with van der Waals surface area (Å²) in [4.78, 5) is 11.0. The molecule has 0 bridgehead atoms. The second kappa shape index (κ2) is 11.3. The van der Waals surface area contributed by atoms with Crippen LogP contribution in [0.2, 0.25) is 0 Å². The summed E-state index contributed by atoms with van der Waals surface area (Å²) < 4.78 is 0. The Morgan fingerprint density at radius 2 is 1.69 bits per heavy atom. The van der Waals surface area contributed by atoms with Crippen LogP contribution in [0.3, 0.4) is 0 Å². The molecule has 1 atom stereocenters. The van der Waals surface area contributed by atoms with Crippen molar-refractivity contribution in [3.8, 4) is 0 Å². The molecule has 2 nitrogen and oxygen atoms in total. The number of carbonyl (C=O) groups is 1. The van der Waals surface area contributed by atoms with Gasteiger partial charge in [-0.15, -0.1) is 11.8 Å². The number of carboxylic acids is 1. The highest BCUT2D eigenvalue weighted by Crippen LogP contribution is 2.20. The van der Waals surface area contributed by atoms with Gasteiger partial charge in [-0.3, -0.25) is 4.79 Å². The molecule has 16 heavy (non-hydrogen) atoms. The molecular formula is C13H26O2S. The van der Waals surface area contributed by atoms with Crippen molar-refractivity contribution in [3.63, 3.8) is 0 Å². The summed E-state index contributed by atoms with van der Waals surface area (Å²) in [7, 11) is 0.